The van der Waals surface area contributed by atoms with E-state index >= 15 is 0 Å². The lowest BCUT2D eigenvalue weighted by Gasteiger charge is -2.24. The van der Waals surface area contributed by atoms with Crippen molar-refractivity contribution < 1.29 is 4.79 Å². The molecule has 0 aromatic heterocycles. The lowest BCUT2D eigenvalue weighted by molar-refractivity contribution is 0.1000. The van der Waals surface area contributed by atoms with Gasteiger partial charge in [-0.2, -0.15) is 0 Å². The summed E-state index contributed by atoms with van der Waals surface area (Å²) in [6, 6.07) is 6.23. The minimum Gasteiger partial charge on any atom is -0.366 e. The Bertz CT molecular complexity index is 542. The number of carbonyl (C=O) groups is 1. The third-order valence-electron chi connectivity index (χ3n) is 4.51. The van der Waals surface area contributed by atoms with Crippen molar-refractivity contribution in [3.05, 3.63) is 41.0 Å². The fourth-order valence-corrected chi connectivity index (χ4v) is 3.37. The molecule has 3 rings (SSSR count). The Kier molecular flexibility index (Phi) is 3.88. The molecular formula is C17H22N2O. The fraction of sp³-hybridized carbons (Fsp3) is 0.471. The number of primary amides is 1. The lowest BCUT2D eigenvalue weighted by atomic mass is 9.86. The molecule has 0 saturated carbocycles. The van der Waals surface area contributed by atoms with Crippen LogP contribution in [0.25, 0.3) is 5.57 Å². The highest BCUT2D eigenvalue weighted by Gasteiger charge is 2.20. The van der Waals surface area contributed by atoms with E-state index in [1.54, 1.807) is 0 Å². The summed E-state index contributed by atoms with van der Waals surface area (Å²) in [5, 5.41) is 3.40. The van der Waals surface area contributed by atoms with E-state index in [9.17, 15) is 4.79 Å². The summed E-state index contributed by atoms with van der Waals surface area (Å²) in [6.45, 7) is 2.17. The summed E-state index contributed by atoms with van der Waals surface area (Å²) >= 11 is 0. The number of allylic oxidation sites excluding steroid dienone is 2. The summed E-state index contributed by atoms with van der Waals surface area (Å²) in [5.74, 6) is 0.295. The molecule has 3 N–H and O–H groups in total. The van der Waals surface area contributed by atoms with E-state index in [2.05, 4.69) is 23.5 Å². The van der Waals surface area contributed by atoms with Crippen molar-refractivity contribution in [2.45, 2.75) is 38.0 Å². The van der Waals surface area contributed by atoms with Gasteiger partial charge in [0, 0.05) is 5.56 Å². The van der Waals surface area contributed by atoms with Crippen LogP contribution in [0.5, 0.6) is 0 Å². The topological polar surface area (TPSA) is 55.1 Å². The highest BCUT2D eigenvalue weighted by Crippen LogP contribution is 2.33. The first kappa shape index (κ1) is 13.4. The standard InChI is InChI=1S/C17H22N2O/c18-17(20)15-6-5-14(12-7-9-19-10-8-12)11-16(15)13-3-1-2-4-13/h3,5-6,11-12,19H,1-2,4,7-10H2,(H2,18,20). The van der Waals surface area contributed by atoms with E-state index in [1.807, 2.05) is 6.07 Å². The van der Waals surface area contributed by atoms with Crippen LogP contribution in [0.2, 0.25) is 0 Å². The van der Waals surface area contributed by atoms with Gasteiger partial charge in [0.05, 0.1) is 0 Å². The molecule has 1 fully saturated rings. The molecule has 1 amide bonds. The predicted octanol–water partition coefficient (Wildman–Crippen LogP) is 2.82. The molecule has 20 heavy (non-hydrogen) atoms. The molecule has 0 atom stereocenters. The minimum absolute atomic E-state index is 0.315. The summed E-state index contributed by atoms with van der Waals surface area (Å²) in [5.41, 5.74) is 9.95. The first-order valence-corrected chi connectivity index (χ1v) is 7.59. The second kappa shape index (κ2) is 5.80. The van der Waals surface area contributed by atoms with Gasteiger partial charge in [-0.15, -0.1) is 0 Å². The molecule has 1 aromatic rings. The maximum Gasteiger partial charge on any atom is 0.249 e. The number of benzene rings is 1. The number of amides is 1. The number of carbonyl (C=O) groups excluding carboxylic acids is 1. The van der Waals surface area contributed by atoms with E-state index in [0.717, 1.165) is 31.5 Å². The van der Waals surface area contributed by atoms with Crippen LogP contribution in [0.4, 0.5) is 0 Å². The van der Waals surface area contributed by atoms with Crippen molar-refractivity contribution in [2.24, 2.45) is 5.73 Å². The monoisotopic (exact) mass is 270 g/mol. The molecule has 1 aromatic carbocycles. The number of nitrogens with two attached hydrogens (primary N) is 1. The number of nitrogens with one attached hydrogen (secondary N) is 1. The third kappa shape index (κ3) is 2.63. The van der Waals surface area contributed by atoms with Crippen LogP contribution in [0.15, 0.2) is 24.3 Å². The summed E-state index contributed by atoms with van der Waals surface area (Å²) in [4.78, 5) is 11.7. The maximum atomic E-state index is 11.7. The van der Waals surface area contributed by atoms with Gasteiger partial charge in [0.25, 0.3) is 0 Å². The molecule has 0 unspecified atom stereocenters. The smallest absolute Gasteiger partial charge is 0.249 e. The van der Waals surface area contributed by atoms with Crippen LogP contribution in [0, 0.1) is 0 Å². The average Bonchev–Trinajstić information content (AvgIpc) is 3.01. The van der Waals surface area contributed by atoms with Crippen molar-refractivity contribution in [2.75, 3.05) is 13.1 Å². The molecule has 0 radical (unpaired) electrons. The Morgan fingerprint density at radius 1 is 1.25 bits per heavy atom. The molecule has 3 nitrogen and oxygen atoms in total. The largest absolute Gasteiger partial charge is 0.366 e. The Morgan fingerprint density at radius 3 is 2.70 bits per heavy atom. The molecule has 1 heterocycles. The second-order valence-electron chi connectivity index (χ2n) is 5.82. The summed E-state index contributed by atoms with van der Waals surface area (Å²) in [6.07, 6.45) is 7.98. The van der Waals surface area contributed by atoms with E-state index < -0.39 is 0 Å². The molecule has 1 aliphatic heterocycles. The molecule has 106 valence electrons. The van der Waals surface area contributed by atoms with E-state index in [4.69, 9.17) is 5.73 Å². The van der Waals surface area contributed by atoms with Crippen molar-refractivity contribution in [1.29, 1.82) is 0 Å². The van der Waals surface area contributed by atoms with Crippen LogP contribution in [0.1, 0.15) is 59.5 Å². The van der Waals surface area contributed by atoms with Crippen LogP contribution in [-0.4, -0.2) is 19.0 Å². The van der Waals surface area contributed by atoms with Crippen LogP contribution < -0.4 is 11.1 Å². The van der Waals surface area contributed by atoms with Crippen molar-refractivity contribution >= 4 is 11.5 Å². The highest BCUT2D eigenvalue weighted by molar-refractivity contribution is 5.98. The molecule has 2 aliphatic rings. The number of piperidine rings is 1. The Labute approximate surface area is 120 Å². The van der Waals surface area contributed by atoms with E-state index in [-0.39, 0.29) is 5.91 Å². The summed E-state index contributed by atoms with van der Waals surface area (Å²) in [7, 11) is 0. The first-order valence-electron chi connectivity index (χ1n) is 7.59. The SMILES string of the molecule is NC(=O)c1ccc(C2CCNCC2)cc1C1=CCCC1. The fourth-order valence-electron chi connectivity index (χ4n) is 3.37. The van der Waals surface area contributed by atoms with Gasteiger partial charge >= 0.3 is 0 Å². The van der Waals surface area contributed by atoms with Gasteiger partial charge in [-0.25, -0.2) is 0 Å². The normalized spacial score (nSPS) is 19.9. The van der Waals surface area contributed by atoms with Gasteiger partial charge in [0.15, 0.2) is 0 Å². The molecular weight excluding hydrogens is 248 g/mol. The highest BCUT2D eigenvalue weighted by atomic mass is 16.1. The predicted molar refractivity (Wildman–Crippen MR) is 81.6 cm³/mol. The second-order valence-corrected chi connectivity index (χ2v) is 5.82. The van der Waals surface area contributed by atoms with Gasteiger partial charge in [0.2, 0.25) is 5.91 Å². The zero-order valence-corrected chi connectivity index (χ0v) is 11.8. The number of hydrogen-bond donors (Lipinski definition) is 2. The third-order valence-corrected chi connectivity index (χ3v) is 4.51. The van der Waals surface area contributed by atoms with E-state index in [0.29, 0.717) is 11.5 Å². The maximum absolute atomic E-state index is 11.7. The van der Waals surface area contributed by atoms with Crippen LogP contribution in [0.3, 0.4) is 0 Å². The number of hydrogen-bond acceptors (Lipinski definition) is 2. The van der Waals surface area contributed by atoms with Gasteiger partial charge in [-0.1, -0.05) is 18.2 Å². The Balaban J connectivity index is 1.97. The average molecular weight is 270 g/mol. The minimum atomic E-state index is -0.315. The quantitative estimate of drug-likeness (QED) is 0.887. The molecule has 0 bridgehead atoms. The molecule has 1 aliphatic carbocycles. The molecule has 1 saturated heterocycles. The summed E-state index contributed by atoms with van der Waals surface area (Å²) < 4.78 is 0. The Hall–Kier alpha value is -1.61. The van der Waals surface area contributed by atoms with Gasteiger partial charge in [0.1, 0.15) is 0 Å². The number of rotatable bonds is 3. The zero-order valence-electron chi connectivity index (χ0n) is 11.8. The van der Waals surface area contributed by atoms with Crippen LogP contribution >= 0.6 is 0 Å². The van der Waals surface area contributed by atoms with Crippen molar-refractivity contribution in [3.8, 4) is 0 Å². The molecule has 0 spiro atoms. The van der Waals surface area contributed by atoms with Gasteiger partial charge in [-0.05, 0) is 73.9 Å². The van der Waals surface area contributed by atoms with E-state index in [1.165, 1.54) is 30.4 Å². The lowest BCUT2D eigenvalue weighted by Crippen LogP contribution is -2.26. The van der Waals surface area contributed by atoms with Crippen molar-refractivity contribution in [1.82, 2.24) is 5.32 Å². The zero-order chi connectivity index (χ0) is 13.9. The van der Waals surface area contributed by atoms with Gasteiger partial charge in [-0.3, -0.25) is 4.79 Å². The van der Waals surface area contributed by atoms with Gasteiger partial charge < -0.3 is 11.1 Å². The first-order chi connectivity index (χ1) is 9.75. The Morgan fingerprint density at radius 2 is 2.05 bits per heavy atom. The molecule has 3 heteroatoms. The van der Waals surface area contributed by atoms with Crippen LogP contribution in [-0.2, 0) is 0 Å². The van der Waals surface area contributed by atoms with Crippen molar-refractivity contribution in [3.63, 3.8) is 0 Å².